The zero-order valence-electron chi connectivity index (χ0n) is 20.2. The molecule has 196 valence electrons. The fourth-order valence-corrected chi connectivity index (χ4v) is 7.54. The molecule has 11 heteroatoms. The SMILES string of the molecule is CS(=O)(=O)OCCC(NC(=O)[C@@H]1SCCN1S(=O)(=O)c1ccc(-c2ccccc2)cc1)c1ccccc1. The van der Waals surface area contributed by atoms with Crippen LogP contribution in [0.2, 0.25) is 0 Å². The second-order valence-corrected chi connectivity index (χ2v) is 13.2. The fourth-order valence-electron chi connectivity index (χ4n) is 4.06. The number of thioether (sulfide) groups is 1. The van der Waals surface area contributed by atoms with Gasteiger partial charge in [0.15, 0.2) is 0 Å². The molecule has 3 aromatic carbocycles. The van der Waals surface area contributed by atoms with Gasteiger partial charge in [-0.1, -0.05) is 72.8 Å². The van der Waals surface area contributed by atoms with E-state index in [1.165, 1.54) is 16.1 Å². The van der Waals surface area contributed by atoms with Crippen molar-refractivity contribution >= 4 is 37.8 Å². The van der Waals surface area contributed by atoms with E-state index in [9.17, 15) is 21.6 Å². The number of hydrogen-bond donors (Lipinski definition) is 1. The molecule has 1 aliphatic rings. The molecule has 1 aliphatic heterocycles. The van der Waals surface area contributed by atoms with Gasteiger partial charge in [0.25, 0.3) is 10.1 Å². The van der Waals surface area contributed by atoms with Crippen molar-refractivity contribution in [2.75, 3.05) is 25.2 Å². The van der Waals surface area contributed by atoms with Crippen LogP contribution < -0.4 is 5.32 Å². The number of carbonyl (C=O) groups excluding carboxylic acids is 1. The van der Waals surface area contributed by atoms with Gasteiger partial charge in [0.05, 0.1) is 23.8 Å². The second kappa shape index (κ2) is 11.8. The highest BCUT2D eigenvalue weighted by molar-refractivity contribution is 8.02. The van der Waals surface area contributed by atoms with Gasteiger partial charge in [-0.2, -0.15) is 12.7 Å². The molecule has 4 rings (SSSR count). The van der Waals surface area contributed by atoms with Gasteiger partial charge in [-0.3, -0.25) is 8.98 Å². The lowest BCUT2D eigenvalue weighted by molar-refractivity contribution is -0.123. The zero-order chi connectivity index (χ0) is 26.5. The van der Waals surface area contributed by atoms with Gasteiger partial charge in [0, 0.05) is 12.3 Å². The van der Waals surface area contributed by atoms with Gasteiger partial charge in [0.2, 0.25) is 15.9 Å². The van der Waals surface area contributed by atoms with Gasteiger partial charge < -0.3 is 5.32 Å². The van der Waals surface area contributed by atoms with Gasteiger partial charge in [-0.15, -0.1) is 11.8 Å². The molecule has 1 saturated heterocycles. The van der Waals surface area contributed by atoms with Crippen LogP contribution in [0.3, 0.4) is 0 Å². The lowest BCUT2D eigenvalue weighted by atomic mass is 10.0. The van der Waals surface area contributed by atoms with Crippen LogP contribution in [0.4, 0.5) is 0 Å². The average Bonchev–Trinajstić information content (AvgIpc) is 3.40. The minimum absolute atomic E-state index is 0.119. The Morgan fingerprint density at radius 2 is 1.54 bits per heavy atom. The number of nitrogens with zero attached hydrogens (tertiary/aromatic N) is 1. The highest BCUT2D eigenvalue weighted by Crippen LogP contribution is 2.32. The molecule has 8 nitrogen and oxygen atoms in total. The van der Waals surface area contributed by atoms with Crippen LogP contribution >= 0.6 is 11.8 Å². The number of nitrogens with one attached hydrogen (secondary N) is 1. The summed E-state index contributed by atoms with van der Waals surface area (Å²) in [7, 11) is -7.55. The Morgan fingerprint density at radius 3 is 2.16 bits per heavy atom. The van der Waals surface area contributed by atoms with Crippen molar-refractivity contribution in [1.82, 2.24) is 9.62 Å². The molecule has 1 N–H and O–H groups in total. The Morgan fingerprint density at radius 1 is 0.946 bits per heavy atom. The first-order chi connectivity index (χ1) is 17.6. The zero-order valence-corrected chi connectivity index (χ0v) is 22.6. The molecule has 1 fully saturated rings. The number of hydrogen-bond acceptors (Lipinski definition) is 7. The summed E-state index contributed by atoms with van der Waals surface area (Å²) in [5.74, 6) is 0.0206. The summed E-state index contributed by atoms with van der Waals surface area (Å²) in [5.41, 5.74) is 2.64. The van der Waals surface area contributed by atoms with E-state index in [-0.39, 0.29) is 24.5 Å². The van der Waals surface area contributed by atoms with Crippen LogP contribution in [0.5, 0.6) is 0 Å². The monoisotopic (exact) mass is 560 g/mol. The van der Waals surface area contributed by atoms with E-state index in [1.54, 1.807) is 24.3 Å². The second-order valence-electron chi connectivity index (χ2n) is 8.52. The molecule has 1 heterocycles. The van der Waals surface area contributed by atoms with Crippen LogP contribution in [0.25, 0.3) is 11.1 Å². The molecule has 0 spiro atoms. The van der Waals surface area contributed by atoms with Gasteiger partial charge in [0.1, 0.15) is 5.37 Å². The molecule has 0 saturated carbocycles. The minimum Gasteiger partial charge on any atom is -0.347 e. The maximum absolute atomic E-state index is 13.5. The minimum atomic E-state index is -3.92. The Kier molecular flexibility index (Phi) is 8.71. The predicted molar refractivity (Wildman–Crippen MR) is 145 cm³/mol. The van der Waals surface area contributed by atoms with E-state index in [2.05, 4.69) is 5.32 Å². The molecule has 1 amide bonds. The van der Waals surface area contributed by atoms with Crippen molar-refractivity contribution in [3.8, 4) is 11.1 Å². The van der Waals surface area contributed by atoms with E-state index in [0.29, 0.717) is 5.75 Å². The van der Waals surface area contributed by atoms with Gasteiger partial charge in [-0.05, 0) is 35.2 Å². The van der Waals surface area contributed by atoms with Gasteiger partial charge >= 0.3 is 0 Å². The summed E-state index contributed by atoms with van der Waals surface area (Å²) in [6.45, 7) is 0.0883. The van der Waals surface area contributed by atoms with Crippen molar-refractivity contribution in [3.63, 3.8) is 0 Å². The fraction of sp³-hybridized carbons (Fsp3) is 0.269. The molecule has 1 unspecified atom stereocenters. The van der Waals surface area contributed by atoms with Crippen molar-refractivity contribution in [2.45, 2.75) is 22.7 Å². The van der Waals surface area contributed by atoms with Crippen molar-refractivity contribution in [2.24, 2.45) is 0 Å². The summed E-state index contributed by atoms with van der Waals surface area (Å²) in [5, 5.41) is 1.96. The summed E-state index contributed by atoms with van der Waals surface area (Å²) in [6, 6.07) is 24.8. The van der Waals surface area contributed by atoms with Crippen molar-refractivity contribution < 1.29 is 25.8 Å². The molecular formula is C26H28N2O6S3. The highest BCUT2D eigenvalue weighted by Gasteiger charge is 2.40. The third-order valence-electron chi connectivity index (χ3n) is 5.86. The van der Waals surface area contributed by atoms with Crippen LogP contribution in [-0.4, -0.2) is 57.6 Å². The lowest BCUT2D eigenvalue weighted by Gasteiger charge is -2.26. The van der Waals surface area contributed by atoms with E-state index in [0.717, 1.165) is 22.9 Å². The Hall–Kier alpha value is -2.70. The average molecular weight is 561 g/mol. The standard InChI is InChI=1S/C26H28N2O6S3/c1-36(30,31)34-18-16-24(22-10-6-3-7-11-22)27-25(29)26-28(17-19-35-26)37(32,33)23-14-12-21(13-15-23)20-8-4-2-5-9-20/h2-15,24,26H,16-19H2,1H3,(H,27,29)/t24?,26-/m0/s1. The Bertz CT molecular complexity index is 1410. The summed E-state index contributed by atoms with van der Waals surface area (Å²) < 4.78 is 55.8. The number of sulfonamides is 1. The van der Waals surface area contributed by atoms with Gasteiger partial charge in [-0.25, -0.2) is 8.42 Å². The molecule has 37 heavy (non-hydrogen) atoms. The van der Waals surface area contributed by atoms with E-state index >= 15 is 0 Å². The number of benzene rings is 3. The first kappa shape index (κ1) is 27.3. The topological polar surface area (TPSA) is 110 Å². The van der Waals surface area contributed by atoms with E-state index < -0.39 is 37.5 Å². The largest absolute Gasteiger partial charge is 0.347 e. The van der Waals surface area contributed by atoms with E-state index in [1.807, 2.05) is 60.7 Å². The highest BCUT2D eigenvalue weighted by atomic mass is 32.2. The summed E-state index contributed by atoms with van der Waals surface area (Å²) >= 11 is 1.25. The molecule has 0 bridgehead atoms. The molecule has 0 aliphatic carbocycles. The van der Waals surface area contributed by atoms with Crippen LogP contribution in [0, 0.1) is 0 Å². The third kappa shape index (κ3) is 6.99. The molecule has 0 aromatic heterocycles. The normalized spacial score (nSPS) is 17.4. The summed E-state index contributed by atoms with van der Waals surface area (Å²) in [6.07, 6.45) is 1.17. The van der Waals surface area contributed by atoms with Crippen LogP contribution in [0.1, 0.15) is 18.0 Å². The summed E-state index contributed by atoms with van der Waals surface area (Å²) in [4.78, 5) is 13.4. The lowest BCUT2D eigenvalue weighted by Crippen LogP contribution is -2.45. The van der Waals surface area contributed by atoms with Crippen molar-refractivity contribution in [1.29, 1.82) is 0 Å². The number of carbonyl (C=O) groups is 1. The quantitative estimate of drug-likeness (QED) is 0.377. The van der Waals surface area contributed by atoms with Crippen molar-refractivity contribution in [3.05, 3.63) is 90.5 Å². The van der Waals surface area contributed by atoms with E-state index in [4.69, 9.17) is 4.18 Å². The van der Waals surface area contributed by atoms with Crippen LogP contribution in [0.15, 0.2) is 89.8 Å². The Labute approximate surface area is 222 Å². The maximum Gasteiger partial charge on any atom is 0.264 e. The molecule has 2 atom stereocenters. The molecular weight excluding hydrogens is 532 g/mol. The number of amides is 1. The van der Waals surface area contributed by atoms with Crippen LogP contribution in [-0.2, 0) is 29.1 Å². The maximum atomic E-state index is 13.5. The molecule has 3 aromatic rings. The smallest absolute Gasteiger partial charge is 0.264 e. The predicted octanol–water partition coefficient (Wildman–Crippen LogP) is 3.64. The Balaban J connectivity index is 1.50. The third-order valence-corrected chi connectivity index (χ3v) is 9.67. The number of rotatable bonds is 10. The first-order valence-corrected chi connectivity index (χ1v) is 15.9. The first-order valence-electron chi connectivity index (χ1n) is 11.6. The molecule has 0 radical (unpaired) electrons.